The van der Waals surface area contributed by atoms with Gasteiger partial charge in [0, 0.05) is 36.5 Å². The first kappa shape index (κ1) is 16.7. The molecule has 1 N–H and O–H groups in total. The van der Waals surface area contributed by atoms with Crippen molar-refractivity contribution < 1.29 is 9.21 Å². The summed E-state index contributed by atoms with van der Waals surface area (Å²) in [4.78, 5) is 12.3. The van der Waals surface area contributed by atoms with Crippen molar-refractivity contribution in [2.75, 3.05) is 6.54 Å². The van der Waals surface area contributed by atoms with E-state index < -0.39 is 0 Å². The molecule has 0 radical (unpaired) electrons. The second-order valence-electron chi connectivity index (χ2n) is 5.87. The Morgan fingerprint density at radius 1 is 1.00 bits per heavy atom. The van der Waals surface area contributed by atoms with Crippen LogP contribution in [0.2, 0.25) is 0 Å². The van der Waals surface area contributed by atoms with Gasteiger partial charge in [-0.3, -0.25) is 4.79 Å². The monoisotopic (exact) mass is 359 g/mol. The Labute approximate surface area is 155 Å². The van der Waals surface area contributed by atoms with E-state index in [2.05, 4.69) is 20.6 Å². The second-order valence-corrected chi connectivity index (χ2v) is 5.87. The van der Waals surface area contributed by atoms with Crippen LogP contribution in [0, 0.1) is 0 Å². The van der Waals surface area contributed by atoms with E-state index in [9.17, 15) is 4.79 Å². The maximum atomic E-state index is 12.3. The van der Waals surface area contributed by atoms with Crippen molar-refractivity contribution in [3.05, 3.63) is 84.5 Å². The molecular formula is C20H17N5O2. The van der Waals surface area contributed by atoms with E-state index in [-0.39, 0.29) is 5.91 Å². The number of benzene rings is 2. The molecule has 4 rings (SSSR count). The Balaban J connectivity index is 1.31. The lowest BCUT2D eigenvalue weighted by Gasteiger charge is -2.05. The van der Waals surface area contributed by atoms with Gasteiger partial charge in [0.05, 0.1) is 5.69 Å². The molecule has 4 aromatic rings. The maximum absolute atomic E-state index is 12.3. The summed E-state index contributed by atoms with van der Waals surface area (Å²) in [5, 5.41) is 15.1. The molecule has 2 heterocycles. The van der Waals surface area contributed by atoms with Gasteiger partial charge in [-0.15, -0.1) is 10.2 Å². The zero-order chi connectivity index (χ0) is 18.5. The number of amides is 1. The second kappa shape index (κ2) is 7.65. The standard InChI is InChI=1S/C20H17N5O2/c26-19(15-7-9-17(10-8-15)25-14-4-12-22-25)21-13-11-18-23-24-20(27-18)16-5-2-1-3-6-16/h1-10,12,14H,11,13H2,(H,21,26). The molecule has 0 aliphatic rings. The highest BCUT2D eigenvalue weighted by molar-refractivity contribution is 5.94. The van der Waals surface area contributed by atoms with E-state index in [0.29, 0.717) is 30.3 Å². The average molecular weight is 359 g/mol. The Morgan fingerprint density at radius 2 is 1.81 bits per heavy atom. The summed E-state index contributed by atoms with van der Waals surface area (Å²) in [5.74, 6) is 0.819. The van der Waals surface area contributed by atoms with Crippen LogP contribution in [-0.4, -0.2) is 32.4 Å². The van der Waals surface area contributed by atoms with E-state index >= 15 is 0 Å². The lowest BCUT2D eigenvalue weighted by Crippen LogP contribution is -2.25. The average Bonchev–Trinajstić information content (AvgIpc) is 3.41. The Bertz CT molecular complexity index is 1010. The van der Waals surface area contributed by atoms with Gasteiger partial charge in [-0.2, -0.15) is 5.10 Å². The first-order chi connectivity index (χ1) is 13.3. The van der Waals surface area contributed by atoms with Crippen LogP contribution in [0.3, 0.4) is 0 Å². The molecule has 0 atom stereocenters. The fourth-order valence-electron chi connectivity index (χ4n) is 2.62. The number of aromatic nitrogens is 4. The highest BCUT2D eigenvalue weighted by Crippen LogP contribution is 2.16. The van der Waals surface area contributed by atoms with Crippen LogP contribution in [0.1, 0.15) is 16.2 Å². The Hall–Kier alpha value is -3.74. The van der Waals surface area contributed by atoms with Crippen molar-refractivity contribution in [2.45, 2.75) is 6.42 Å². The van der Waals surface area contributed by atoms with Gasteiger partial charge in [0.15, 0.2) is 0 Å². The third-order valence-corrected chi connectivity index (χ3v) is 4.01. The summed E-state index contributed by atoms with van der Waals surface area (Å²) in [7, 11) is 0. The summed E-state index contributed by atoms with van der Waals surface area (Å²) in [6.45, 7) is 0.413. The molecule has 0 unspecified atom stereocenters. The van der Waals surface area contributed by atoms with Crippen LogP contribution >= 0.6 is 0 Å². The van der Waals surface area contributed by atoms with E-state index in [1.54, 1.807) is 23.0 Å². The van der Waals surface area contributed by atoms with Crippen molar-refractivity contribution in [3.63, 3.8) is 0 Å². The molecule has 0 aliphatic carbocycles. The molecule has 0 bridgehead atoms. The number of nitrogens with one attached hydrogen (secondary N) is 1. The zero-order valence-electron chi connectivity index (χ0n) is 14.4. The number of nitrogens with zero attached hydrogens (tertiary/aromatic N) is 4. The number of carbonyl (C=O) groups is 1. The largest absolute Gasteiger partial charge is 0.421 e. The molecule has 2 aromatic heterocycles. The van der Waals surface area contributed by atoms with Crippen LogP contribution in [0.25, 0.3) is 17.1 Å². The fourth-order valence-corrected chi connectivity index (χ4v) is 2.62. The molecule has 1 amide bonds. The molecule has 0 saturated carbocycles. The molecule has 7 nitrogen and oxygen atoms in total. The van der Waals surface area contributed by atoms with Crippen molar-refractivity contribution >= 4 is 5.91 Å². The summed E-state index contributed by atoms with van der Waals surface area (Å²) < 4.78 is 7.37. The van der Waals surface area contributed by atoms with E-state index in [1.165, 1.54) is 0 Å². The van der Waals surface area contributed by atoms with Crippen molar-refractivity contribution in [3.8, 4) is 17.1 Å². The first-order valence-corrected chi connectivity index (χ1v) is 8.56. The smallest absolute Gasteiger partial charge is 0.251 e. The van der Waals surface area contributed by atoms with E-state index in [4.69, 9.17) is 4.42 Å². The Kier molecular flexibility index (Phi) is 4.74. The third kappa shape index (κ3) is 3.92. The molecule has 0 spiro atoms. The molecule has 27 heavy (non-hydrogen) atoms. The van der Waals surface area contributed by atoms with Crippen molar-refractivity contribution in [2.24, 2.45) is 0 Å². The predicted octanol–water partition coefficient (Wildman–Crippen LogP) is 2.89. The van der Waals surface area contributed by atoms with Crippen LogP contribution in [0.4, 0.5) is 0 Å². The van der Waals surface area contributed by atoms with Gasteiger partial charge in [-0.05, 0) is 42.5 Å². The van der Waals surface area contributed by atoms with Gasteiger partial charge in [0.1, 0.15) is 0 Å². The molecule has 7 heteroatoms. The molecule has 0 fully saturated rings. The topological polar surface area (TPSA) is 85.8 Å². The molecular weight excluding hydrogens is 342 g/mol. The maximum Gasteiger partial charge on any atom is 0.251 e. The number of rotatable bonds is 6. The molecule has 0 aliphatic heterocycles. The van der Waals surface area contributed by atoms with Crippen LogP contribution < -0.4 is 5.32 Å². The molecule has 134 valence electrons. The lowest BCUT2D eigenvalue weighted by atomic mass is 10.2. The number of hydrogen-bond acceptors (Lipinski definition) is 5. The number of carbonyl (C=O) groups excluding carboxylic acids is 1. The van der Waals surface area contributed by atoms with E-state index in [0.717, 1.165) is 11.3 Å². The minimum Gasteiger partial charge on any atom is -0.421 e. The first-order valence-electron chi connectivity index (χ1n) is 8.56. The van der Waals surface area contributed by atoms with E-state index in [1.807, 2.05) is 54.7 Å². The predicted molar refractivity (Wildman–Crippen MR) is 99.3 cm³/mol. The van der Waals surface area contributed by atoms with Crippen LogP contribution in [0.15, 0.2) is 77.5 Å². The minimum absolute atomic E-state index is 0.148. The summed E-state index contributed by atoms with van der Waals surface area (Å²) in [6, 6.07) is 18.7. The highest BCUT2D eigenvalue weighted by Gasteiger charge is 2.10. The van der Waals surface area contributed by atoms with Gasteiger partial charge in [-0.1, -0.05) is 18.2 Å². The van der Waals surface area contributed by atoms with Gasteiger partial charge >= 0.3 is 0 Å². The van der Waals surface area contributed by atoms with Gasteiger partial charge < -0.3 is 9.73 Å². The molecule has 2 aromatic carbocycles. The van der Waals surface area contributed by atoms with Gasteiger partial charge in [0.25, 0.3) is 5.91 Å². The van der Waals surface area contributed by atoms with Crippen LogP contribution in [-0.2, 0) is 6.42 Å². The van der Waals surface area contributed by atoms with Gasteiger partial charge in [-0.25, -0.2) is 4.68 Å². The zero-order valence-corrected chi connectivity index (χ0v) is 14.4. The summed E-state index contributed by atoms with van der Waals surface area (Å²) in [5.41, 5.74) is 2.36. The fraction of sp³-hybridized carbons (Fsp3) is 0.100. The number of hydrogen-bond donors (Lipinski definition) is 1. The summed E-state index contributed by atoms with van der Waals surface area (Å²) in [6.07, 6.45) is 4.03. The summed E-state index contributed by atoms with van der Waals surface area (Å²) >= 11 is 0. The highest BCUT2D eigenvalue weighted by atomic mass is 16.4. The SMILES string of the molecule is O=C(NCCc1nnc(-c2ccccc2)o1)c1ccc(-n2cccn2)cc1. The minimum atomic E-state index is -0.148. The Morgan fingerprint density at radius 3 is 2.56 bits per heavy atom. The molecule has 0 saturated heterocycles. The van der Waals surface area contributed by atoms with Crippen molar-refractivity contribution in [1.82, 2.24) is 25.3 Å². The lowest BCUT2D eigenvalue weighted by molar-refractivity contribution is 0.0953. The normalized spacial score (nSPS) is 10.7. The van der Waals surface area contributed by atoms with Crippen molar-refractivity contribution in [1.29, 1.82) is 0 Å². The quantitative estimate of drug-likeness (QED) is 0.572. The van der Waals surface area contributed by atoms with Crippen LogP contribution in [0.5, 0.6) is 0 Å². The third-order valence-electron chi connectivity index (χ3n) is 4.01. The van der Waals surface area contributed by atoms with Gasteiger partial charge in [0.2, 0.25) is 11.8 Å².